The van der Waals surface area contributed by atoms with Gasteiger partial charge in [-0.15, -0.1) is 0 Å². The van der Waals surface area contributed by atoms with Gasteiger partial charge in [0.25, 0.3) is 0 Å². The van der Waals surface area contributed by atoms with Gasteiger partial charge >= 0.3 is 0 Å². The molecule has 0 aromatic carbocycles. The highest BCUT2D eigenvalue weighted by Crippen LogP contribution is 2.26. The molecule has 0 nitrogen and oxygen atoms in total. The van der Waals surface area contributed by atoms with Gasteiger partial charge in [0, 0.05) is 0 Å². The highest BCUT2D eigenvalue weighted by atomic mass is 14.2. The standard InChI is InChI=1S/C11H20/c1-2-3-5-8-11-9-6-4-7-10-11/h9,11H,1-8,10H2. The summed E-state index contributed by atoms with van der Waals surface area (Å²) in [7, 11) is 0. The Morgan fingerprint density at radius 2 is 2.18 bits per heavy atom. The van der Waals surface area contributed by atoms with E-state index in [4.69, 9.17) is 0 Å². The molecule has 0 amide bonds. The van der Waals surface area contributed by atoms with E-state index >= 15 is 0 Å². The summed E-state index contributed by atoms with van der Waals surface area (Å²) in [5.41, 5.74) is 0. The molecule has 1 unspecified atom stereocenters. The number of hydrogen-bond donors (Lipinski definition) is 0. The highest BCUT2D eigenvalue weighted by Gasteiger charge is 2.12. The summed E-state index contributed by atoms with van der Waals surface area (Å²) in [5, 5.41) is 0. The molecule has 0 N–H and O–H groups in total. The summed E-state index contributed by atoms with van der Waals surface area (Å²) in [6.07, 6.45) is 13.5. The van der Waals surface area contributed by atoms with Crippen LogP contribution in [0.15, 0.2) is 0 Å². The first kappa shape index (κ1) is 9.09. The zero-order valence-corrected chi connectivity index (χ0v) is 7.52. The molecule has 0 aromatic rings. The summed E-state index contributed by atoms with van der Waals surface area (Å²) in [6, 6.07) is 0. The van der Waals surface area contributed by atoms with Crippen LogP contribution in [0.2, 0.25) is 0 Å². The maximum atomic E-state index is 3.86. The van der Waals surface area contributed by atoms with Gasteiger partial charge < -0.3 is 0 Å². The van der Waals surface area contributed by atoms with Crippen molar-refractivity contribution < 1.29 is 0 Å². The monoisotopic (exact) mass is 152 g/mol. The molecule has 0 saturated heterocycles. The topological polar surface area (TPSA) is 0 Å². The van der Waals surface area contributed by atoms with Gasteiger partial charge in [-0.05, 0) is 18.8 Å². The van der Waals surface area contributed by atoms with E-state index in [0.29, 0.717) is 0 Å². The van der Waals surface area contributed by atoms with Crippen molar-refractivity contribution in [3.63, 3.8) is 0 Å². The quantitative estimate of drug-likeness (QED) is 0.538. The van der Waals surface area contributed by atoms with Crippen LogP contribution in [0.1, 0.15) is 51.4 Å². The number of hydrogen-bond acceptors (Lipinski definition) is 0. The van der Waals surface area contributed by atoms with Crippen molar-refractivity contribution >= 4 is 0 Å². The maximum absolute atomic E-state index is 3.86. The minimum atomic E-state index is 0.954. The second-order valence-corrected chi connectivity index (χ2v) is 3.63. The average Bonchev–Trinajstić information content (AvgIpc) is 2.07. The molecule has 1 aliphatic rings. The molecule has 1 rings (SSSR count). The normalized spacial score (nSPS) is 20.5. The lowest BCUT2D eigenvalue weighted by Crippen LogP contribution is -2.06. The van der Waals surface area contributed by atoms with Crippen LogP contribution < -0.4 is 0 Å². The van der Waals surface area contributed by atoms with Crippen LogP contribution in [0.3, 0.4) is 0 Å². The Labute approximate surface area is 71.4 Å². The highest BCUT2D eigenvalue weighted by molar-refractivity contribution is 4.80. The molecule has 0 aliphatic heterocycles. The van der Waals surface area contributed by atoms with E-state index in [9.17, 15) is 0 Å². The van der Waals surface area contributed by atoms with Crippen LogP contribution in [0.25, 0.3) is 0 Å². The fourth-order valence-corrected chi connectivity index (χ4v) is 1.87. The van der Waals surface area contributed by atoms with Crippen molar-refractivity contribution in [2.24, 2.45) is 5.92 Å². The molecule has 1 fully saturated rings. The van der Waals surface area contributed by atoms with E-state index in [2.05, 4.69) is 13.3 Å². The molecule has 0 heteroatoms. The Hall–Kier alpha value is 0. The van der Waals surface area contributed by atoms with Crippen LogP contribution in [0, 0.1) is 19.3 Å². The van der Waals surface area contributed by atoms with E-state index in [0.717, 1.165) is 12.3 Å². The van der Waals surface area contributed by atoms with Crippen molar-refractivity contribution in [2.75, 3.05) is 0 Å². The third-order valence-electron chi connectivity index (χ3n) is 2.60. The van der Waals surface area contributed by atoms with Gasteiger partial charge in [-0.25, -0.2) is 0 Å². The van der Waals surface area contributed by atoms with Crippen molar-refractivity contribution in [3.05, 3.63) is 13.3 Å². The summed E-state index contributed by atoms with van der Waals surface area (Å²) in [6.45, 7) is 3.86. The molecule has 0 bridgehead atoms. The minimum absolute atomic E-state index is 0.954. The van der Waals surface area contributed by atoms with Crippen LogP contribution in [0.5, 0.6) is 0 Å². The zero-order valence-electron chi connectivity index (χ0n) is 7.52. The molecule has 0 spiro atoms. The Balaban J connectivity index is 1.96. The predicted octanol–water partition coefficient (Wildman–Crippen LogP) is 3.78. The van der Waals surface area contributed by atoms with Gasteiger partial charge in [-0.1, -0.05) is 51.9 Å². The molecule has 11 heavy (non-hydrogen) atoms. The second kappa shape index (κ2) is 5.62. The summed E-state index contributed by atoms with van der Waals surface area (Å²) in [4.78, 5) is 0. The van der Waals surface area contributed by atoms with Gasteiger partial charge in [0.2, 0.25) is 0 Å². The molecule has 0 heterocycles. The van der Waals surface area contributed by atoms with Gasteiger partial charge in [0.15, 0.2) is 0 Å². The SMILES string of the molecule is [CH2]CCCCC1[CH]CCCC1. The lowest BCUT2D eigenvalue weighted by Gasteiger charge is -2.20. The molecule has 1 atom stereocenters. The van der Waals surface area contributed by atoms with Gasteiger partial charge in [-0.2, -0.15) is 0 Å². The third kappa shape index (κ3) is 3.79. The molecule has 1 aliphatic carbocycles. The lowest BCUT2D eigenvalue weighted by molar-refractivity contribution is 0.408. The van der Waals surface area contributed by atoms with Crippen LogP contribution in [0.4, 0.5) is 0 Å². The van der Waals surface area contributed by atoms with E-state index in [-0.39, 0.29) is 0 Å². The third-order valence-corrected chi connectivity index (χ3v) is 2.60. The molecule has 2 radical (unpaired) electrons. The maximum Gasteiger partial charge on any atom is -0.0355 e. The summed E-state index contributed by atoms with van der Waals surface area (Å²) < 4.78 is 0. The van der Waals surface area contributed by atoms with E-state index in [1.165, 1.54) is 44.9 Å². The predicted molar refractivity (Wildman–Crippen MR) is 50.1 cm³/mol. The second-order valence-electron chi connectivity index (χ2n) is 3.63. The molecule has 1 saturated carbocycles. The Kier molecular flexibility index (Phi) is 4.65. The van der Waals surface area contributed by atoms with Crippen molar-refractivity contribution in [1.29, 1.82) is 0 Å². The van der Waals surface area contributed by atoms with Crippen molar-refractivity contribution in [3.8, 4) is 0 Å². The largest absolute Gasteiger partial charge is 0.0533 e. The van der Waals surface area contributed by atoms with Crippen LogP contribution >= 0.6 is 0 Å². The Morgan fingerprint density at radius 3 is 2.82 bits per heavy atom. The van der Waals surface area contributed by atoms with E-state index in [1.807, 2.05) is 0 Å². The van der Waals surface area contributed by atoms with Crippen molar-refractivity contribution in [1.82, 2.24) is 0 Å². The first-order valence-corrected chi connectivity index (χ1v) is 5.06. The smallest absolute Gasteiger partial charge is 0.0355 e. The zero-order chi connectivity index (χ0) is 7.94. The van der Waals surface area contributed by atoms with Gasteiger partial charge in [-0.3, -0.25) is 0 Å². The van der Waals surface area contributed by atoms with Gasteiger partial charge in [0.05, 0.1) is 0 Å². The first-order chi connectivity index (χ1) is 5.43. The molecular formula is C11H20. The van der Waals surface area contributed by atoms with Gasteiger partial charge in [0.1, 0.15) is 0 Å². The first-order valence-electron chi connectivity index (χ1n) is 5.06. The van der Waals surface area contributed by atoms with Crippen LogP contribution in [-0.2, 0) is 0 Å². The fraction of sp³-hybridized carbons (Fsp3) is 0.818. The minimum Gasteiger partial charge on any atom is -0.0533 e. The molecule has 64 valence electrons. The van der Waals surface area contributed by atoms with E-state index in [1.54, 1.807) is 0 Å². The average molecular weight is 152 g/mol. The van der Waals surface area contributed by atoms with E-state index < -0.39 is 0 Å². The Bertz CT molecular complexity index is 80.0. The summed E-state index contributed by atoms with van der Waals surface area (Å²) >= 11 is 0. The summed E-state index contributed by atoms with van der Waals surface area (Å²) in [5.74, 6) is 0.954. The van der Waals surface area contributed by atoms with Crippen LogP contribution in [-0.4, -0.2) is 0 Å². The fourth-order valence-electron chi connectivity index (χ4n) is 1.87. The Morgan fingerprint density at radius 1 is 1.27 bits per heavy atom. The molecule has 0 aromatic heterocycles. The van der Waals surface area contributed by atoms with Crippen molar-refractivity contribution in [2.45, 2.75) is 51.4 Å². The number of rotatable bonds is 4. The lowest BCUT2D eigenvalue weighted by atomic mass is 9.86. The number of unbranched alkanes of at least 4 members (excludes halogenated alkanes) is 2. The molecular weight excluding hydrogens is 132 g/mol.